The second-order valence-electron chi connectivity index (χ2n) is 7.07. The van der Waals surface area contributed by atoms with Crippen LogP contribution in [-0.2, 0) is 17.8 Å². The van der Waals surface area contributed by atoms with E-state index in [1.165, 1.54) is 37.1 Å². The summed E-state index contributed by atoms with van der Waals surface area (Å²) in [5.41, 5.74) is 2.54. The molecule has 3 rings (SSSR count). The van der Waals surface area contributed by atoms with Crippen LogP contribution in [0.1, 0.15) is 37.8 Å². The Hall–Kier alpha value is -1.59. The molecule has 5 nitrogen and oxygen atoms in total. The molecule has 1 aromatic rings. The maximum absolute atomic E-state index is 12.5. The number of likely N-dealkylation sites (tertiary alicyclic amines) is 1. The molecule has 24 heavy (non-hydrogen) atoms. The first-order valence-electron chi connectivity index (χ1n) is 9.09. The minimum absolute atomic E-state index is 0.00738. The Bertz CT molecular complexity index is 547. The van der Waals surface area contributed by atoms with E-state index in [0.29, 0.717) is 19.6 Å². The summed E-state index contributed by atoms with van der Waals surface area (Å²) < 4.78 is 5.70. The quantitative estimate of drug-likeness (QED) is 0.922. The monoisotopic (exact) mass is 331 g/mol. The summed E-state index contributed by atoms with van der Waals surface area (Å²) in [7, 11) is 0. The largest absolute Gasteiger partial charge is 0.372 e. The van der Waals surface area contributed by atoms with E-state index in [9.17, 15) is 4.79 Å². The third-order valence-electron chi connectivity index (χ3n) is 4.85. The standard InChI is InChI=1S/C19H29N3O2/c1-15-12-22(13-16(2)24-15)19(23)20-11-17-7-3-4-8-18(17)14-21-9-5-6-10-21/h3-4,7-8,15-16H,5-6,9-14H2,1-2H3,(H,20,23). The molecule has 5 heteroatoms. The zero-order valence-electron chi connectivity index (χ0n) is 14.8. The molecule has 2 saturated heterocycles. The van der Waals surface area contributed by atoms with Crippen molar-refractivity contribution in [1.29, 1.82) is 0 Å². The fourth-order valence-corrected chi connectivity index (χ4v) is 3.69. The van der Waals surface area contributed by atoms with Crippen molar-refractivity contribution in [2.75, 3.05) is 26.2 Å². The van der Waals surface area contributed by atoms with E-state index in [1.807, 2.05) is 24.8 Å². The number of hydrogen-bond donors (Lipinski definition) is 1. The molecule has 0 spiro atoms. The first-order chi connectivity index (χ1) is 11.6. The summed E-state index contributed by atoms with van der Waals surface area (Å²) in [6.45, 7) is 9.29. The SMILES string of the molecule is CC1CN(C(=O)NCc2ccccc2CN2CCCC2)CC(C)O1. The molecular weight excluding hydrogens is 302 g/mol. The maximum atomic E-state index is 12.5. The van der Waals surface area contributed by atoms with E-state index in [2.05, 4.69) is 28.4 Å². The third-order valence-corrected chi connectivity index (χ3v) is 4.85. The van der Waals surface area contributed by atoms with Gasteiger partial charge in [-0.2, -0.15) is 0 Å². The molecule has 2 aliphatic rings. The number of ether oxygens (including phenoxy) is 1. The summed E-state index contributed by atoms with van der Waals surface area (Å²) in [5, 5.41) is 3.09. The molecule has 2 atom stereocenters. The van der Waals surface area contributed by atoms with Crippen LogP contribution in [-0.4, -0.2) is 54.2 Å². The lowest BCUT2D eigenvalue weighted by Gasteiger charge is -2.35. The third kappa shape index (κ3) is 4.48. The van der Waals surface area contributed by atoms with Crippen LogP contribution in [0.15, 0.2) is 24.3 Å². The predicted octanol–water partition coefficient (Wildman–Crippen LogP) is 2.60. The molecule has 132 valence electrons. The fraction of sp³-hybridized carbons (Fsp3) is 0.632. The van der Waals surface area contributed by atoms with Gasteiger partial charge < -0.3 is 15.0 Å². The van der Waals surface area contributed by atoms with Gasteiger partial charge in [0.1, 0.15) is 0 Å². The fourth-order valence-electron chi connectivity index (χ4n) is 3.69. The Balaban J connectivity index is 1.56. The number of benzene rings is 1. The predicted molar refractivity (Wildman–Crippen MR) is 94.8 cm³/mol. The van der Waals surface area contributed by atoms with E-state index in [1.54, 1.807) is 0 Å². The van der Waals surface area contributed by atoms with Gasteiger partial charge in [0.2, 0.25) is 0 Å². The molecule has 2 amide bonds. The highest BCUT2D eigenvalue weighted by molar-refractivity contribution is 5.74. The van der Waals surface area contributed by atoms with Gasteiger partial charge in [0.25, 0.3) is 0 Å². The molecule has 0 radical (unpaired) electrons. The zero-order valence-corrected chi connectivity index (χ0v) is 14.8. The number of amides is 2. The van der Waals surface area contributed by atoms with Crippen LogP contribution in [0.2, 0.25) is 0 Å². The smallest absolute Gasteiger partial charge is 0.317 e. The van der Waals surface area contributed by atoms with Crippen LogP contribution in [0.3, 0.4) is 0 Å². The van der Waals surface area contributed by atoms with E-state index >= 15 is 0 Å². The normalized spacial score (nSPS) is 25.0. The number of nitrogens with zero attached hydrogens (tertiary/aromatic N) is 2. The van der Waals surface area contributed by atoms with E-state index < -0.39 is 0 Å². The molecule has 0 saturated carbocycles. The summed E-state index contributed by atoms with van der Waals surface area (Å²) >= 11 is 0. The molecule has 1 aromatic carbocycles. The van der Waals surface area contributed by atoms with Crippen LogP contribution < -0.4 is 5.32 Å². The van der Waals surface area contributed by atoms with Crippen molar-refractivity contribution in [3.63, 3.8) is 0 Å². The van der Waals surface area contributed by atoms with Crippen molar-refractivity contribution >= 4 is 6.03 Å². The van der Waals surface area contributed by atoms with E-state index in [0.717, 1.165) is 6.54 Å². The summed E-state index contributed by atoms with van der Waals surface area (Å²) in [4.78, 5) is 16.8. The Kier molecular flexibility index (Phi) is 5.74. The highest BCUT2D eigenvalue weighted by Gasteiger charge is 2.25. The maximum Gasteiger partial charge on any atom is 0.317 e. The lowest BCUT2D eigenvalue weighted by molar-refractivity contribution is -0.0545. The van der Waals surface area contributed by atoms with Gasteiger partial charge in [0, 0.05) is 26.2 Å². The van der Waals surface area contributed by atoms with Gasteiger partial charge in [0.05, 0.1) is 12.2 Å². The number of nitrogens with one attached hydrogen (secondary N) is 1. The van der Waals surface area contributed by atoms with E-state index in [-0.39, 0.29) is 18.2 Å². The first kappa shape index (κ1) is 17.2. The van der Waals surface area contributed by atoms with Crippen molar-refractivity contribution in [3.8, 4) is 0 Å². The van der Waals surface area contributed by atoms with Gasteiger partial charge >= 0.3 is 6.03 Å². The average molecular weight is 331 g/mol. The van der Waals surface area contributed by atoms with Crippen LogP contribution in [0.4, 0.5) is 4.79 Å². The Morgan fingerprint density at radius 1 is 1.12 bits per heavy atom. The molecule has 1 N–H and O–H groups in total. The minimum Gasteiger partial charge on any atom is -0.372 e. The topological polar surface area (TPSA) is 44.8 Å². The van der Waals surface area contributed by atoms with Crippen molar-refractivity contribution in [2.24, 2.45) is 0 Å². The number of hydrogen-bond acceptors (Lipinski definition) is 3. The van der Waals surface area contributed by atoms with Gasteiger partial charge in [-0.25, -0.2) is 4.79 Å². The molecule has 0 aromatic heterocycles. The Morgan fingerprint density at radius 2 is 1.75 bits per heavy atom. The van der Waals surface area contributed by atoms with Gasteiger partial charge in [0.15, 0.2) is 0 Å². The molecule has 0 bridgehead atoms. The zero-order chi connectivity index (χ0) is 16.9. The number of carbonyl (C=O) groups is 1. The van der Waals surface area contributed by atoms with Gasteiger partial charge in [-0.15, -0.1) is 0 Å². The summed E-state index contributed by atoms with van der Waals surface area (Å²) in [6, 6.07) is 8.44. The number of rotatable bonds is 4. The molecule has 2 fully saturated rings. The Labute approximate surface area is 145 Å². The average Bonchev–Trinajstić information content (AvgIpc) is 3.06. The lowest BCUT2D eigenvalue weighted by Crippen LogP contribution is -2.51. The van der Waals surface area contributed by atoms with Gasteiger partial charge in [-0.1, -0.05) is 24.3 Å². The summed E-state index contributed by atoms with van der Waals surface area (Å²) in [6.07, 6.45) is 2.79. The number of carbonyl (C=O) groups excluding carboxylic acids is 1. The second kappa shape index (κ2) is 7.99. The molecule has 2 aliphatic heterocycles. The van der Waals surface area contributed by atoms with Crippen LogP contribution >= 0.6 is 0 Å². The lowest BCUT2D eigenvalue weighted by atomic mass is 10.1. The van der Waals surface area contributed by atoms with E-state index in [4.69, 9.17) is 4.74 Å². The number of urea groups is 1. The first-order valence-corrected chi connectivity index (χ1v) is 9.09. The van der Waals surface area contributed by atoms with Gasteiger partial charge in [-0.05, 0) is 50.9 Å². The second-order valence-corrected chi connectivity index (χ2v) is 7.07. The highest BCUT2D eigenvalue weighted by atomic mass is 16.5. The molecular formula is C19H29N3O2. The van der Waals surface area contributed by atoms with Crippen molar-refractivity contribution in [3.05, 3.63) is 35.4 Å². The van der Waals surface area contributed by atoms with Crippen molar-refractivity contribution in [1.82, 2.24) is 15.1 Å². The Morgan fingerprint density at radius 3 is 2.42 bits per heavy atom. The van der Waals surface area contributed by atoms with Gasteiger partial charge in [-0.3, -0.25) is 4.90 Å². The summed E-state index contributed by atoms with van der Waals surface area (Å²) in [5.74, 6) is 0. The molecule has 2 heterocycles. The molecule has 2 unspecified atom stereocenters. The highest BCUT2D eigenvalue weighted by Crippen LogP contribution is 2.16. The number of morpholine rings is 1. The van der Waals surface area contributed by atoms with Crippen molar-refractivity contribution in [2.45, 2.75) is 52.0 Å². The van der Waals surface area contributed by atoms with Crippen LogP contribution in [0.5, 0.6) is 0 Å². The van der Waals surface area contributed by atoms with Crippen LogP contribution in [0, 0.1) is 0 Å². The van der Waals surface area contributed by atoms with Crippen LogP contribution in [0.25, 0.3) is 0 Å². The molecule has 0 aliphatic carbocycles. The minimum atomic E-state index is 0.00738. The van der Waals surface area contributed by atoms with Crippen molar-refractivity contribution < 1.29 is 9.53 Å².